The van der Waals surface area contributed by atoms with E-state index in [0.29, 0.717) is 6.07 Å². The minimum Gasteiger partial charge on any atom is -0.478 e. The van der Waals surface area contributed by atoms with Gasteiger partial charge in [0.25, 0.3) is 17.7 Å². The number of carboxylic acids is 1. The molecule has 398 valence electrons. The topological polar surface area (TPSA) is 458 Å². The van der Waals surface area contributed by atoms with E-state index in [-0.39, 0.29) is 16.0 Å². The zero-order valence-corrected chi connectivity index (χ0v) is 38.2. The number of carboxylic acid groups (broad SMARTS) is 1. The molecule has 3 amide bonds. The molecule has 2 fully saturated rings. The van der Waals surface area contributed by atoms with Crippen LogP contribution in [0.15, 0.2) is 84.9 Å². The third-order valence-electron chi connectivity index (χ3n) is 12.4. The molecule has 5 rings (SSSR count). The molecule has 0 bridgehead atoms. The first-order valence-corrected chi connectivity index (χ1v) is 22.0. The van der Waals surface area contributed by atoms with Crippen LogP contribution in [-0.2, 0) is 31.9 Å². The zero-order chi connectivity index (χ0) is 55.6. The first-order valence-electron chi connectivity index (χ1n) is 23.2. The van der Waals surface area contributed by atoms with Crippen molar-refractivity contribution in [3.8, 4) is 0 Å². The van der Waals surface area contributed by atoms with E-state index in [2.05, 4.69) is 0 Å². The van der Waals surface area contributed by atoms with E-state index in [4.69, 9.17) is 12.2 Å². The summed E-state index contributed by atoms with van der Waals surface area (Å²) in [6.07, 6.45) is -43.3. The van der Waals surface area contributed by atoms with Crippen molar-refractivity contribution in [1.82, 2.24) is 15.5 Å². The highest BCUT2D eigenvalue weighted by atomic mass is 16.7. The Bertz CT molecular complexity index is 2290. The summed E-state index contributed by atoms with van der Waals surface area (Å²) in [5.41, 5.74) is -8.13. The second kappa shape index (κ2) is 22.9. The van der Waals surface area contributed by atoms with Crippen LogP contribution in [0.3, 0.4) is 0 Å². The molecule has 2 saturated heterocycles. The van der Waals surface area contributed by atoms with E-state index < -0.39 is 169 Å². The maximum atomic E-state index is 14.7. The number of aliphatic hydroxyl groups is 16. The fraction of sp³-hybridized carbons (Fsp3) is 0.522. The maximum Gasteiger partial charge on any atom is 0.335 e. The number of aromatic carboxylic acids is 1. The number of aliphatic hydroxyl groups excluding tert-OH is 12. The Morgan fingerprint density at radius 1 is 0.597 bits per heavy atom. The van der Waals surface area contributed by atoms with E-state index in [1.54, 1.807) is 10.6 Å². The summed E-state index contributed by atoms with van der Waals surface area (Å²) in [4.78, 5) is 53.7. The molecule has 2 aliphatic heterocycles. The molecule has 2 heterocycles. The number of nitrogens with one attached hydrogen (secondary N) is 2. The highest BCUT2D eigenvalue weighted by Gasteiger charge is 2.69. The van der Waals surface area contributed by atoms with Gasteiger partial charge in [-0.2, -0.15) is 0 Å². The number of hydrogen-bond donors (Lipinski definition) is 19. The van der Waals surface area contributed by atoms with Crippen molar-refractivity contribution in [2.24, 2.45) is 0 Å². The van der Waals surface area contributed by atoms with Gasteiger partial charge in [0, 0.05) is 21.1 Å². The van der Waals surface area contributed by atoms with Crippen LogP contribution >= 0.6 is 0 Å². The normalized spacial score (nSPS) is 33.2. The van der Waals surface area contributed by atoms with E-state index in [1.165, 1.54) is 60.7 Å². The van der Waals surface area contributed by atoms with Crippen LogP contribution in [0.2, 0.25) is 0 Å². The molecule has 0 aliphatic carbocycles. The van der Waals surface area contributed by atoms with Gasteiger partial charge in [-0.15, -0.1) is 0 Å². The first-order chi connectivity index (χ1) is 34.4. The number of hydrogen-bond acceptors (Lipinski definition) is 22. The minimum atomic E-state index is -3.91. The predicted octanol–water partition coefficient (Wildman–Crippen LogP) is -6.84. The number of carbonyl (C=O) groups excluding carboxylic acids is 3. The van der Waals surface area contributed by atoms with Crippen molar-refractivity contribution in [3.63, 3.8) is 0 Å². The molecule has 26 nitrogen and oxygen atoms in total. The van der Waals surface area contributed by atoms with Crippen LogP contribution in [-0.4, -0.2) is 224 Å². The Labute approximate surface area is 412 Å². The Morgan fingerprint density at radius 3 is 1.31 bits per heavy atom. The fourth-order valence-electron chi connectivity index (χ4n) is 8.22. The minimum absolute atomic E-state index is 0.0354. The van der Waals surface area contributed by atoms with Crippen LogP contribution in [0, 0.1) is 0 Å². The average molecular weight is 1030 g/mol. The molecule has 2 aliphatic rings. The van der Waals surface area contributed by atoms with Gasteiger partial charge in [-0.1, -0.05) is 66.7 Å². The number of ether oxygens (including phenoxy) is 2. The second-order valence-corrected chi connectivity index (χ2v) is 17.7. The second-order valence-electron chi connectivity index (χ2n) is 17.7. The van der Waals surface area contributed by atoms with Gasteiger partial charge in [0.1, 0.15) is 48.8 Å². The SMILES string of the molecule is [2H][C@@H](C(=O)N[C@]1(O)O[C@H](C(O)N(C(=O)c2cccc(C(=O)O)c2)C(O)[C@H]2O[C@@](O)(NC(=O)[C@H]([2H])[C@@H](O)[C@H](O)[C@@H](C)O)[C@@](O)(Cc3ccccc3)[C@@H](O)[C@@H]2O)[C@@H](O)[C@H](O)[C@]1(O)Cc1ccccc1)[C@@H](O)[C@H](O)[C@@H](C)O. The van der Waals surface area contributed by atoms with Gasteiger partial charge >= 0.3 is 5.97 Å². The average Bonchev–Trinajstić information content (AvgIpc) is 3.36. The number of nitrogens with zero attached hydrogens (tertiary/aromatic N) is 1. The van der Waals surface area contributed by atoms with Crippen LogP contribution in [0.5, 0.6) is 0 Å². The summed E-state index contributed by atoms with van der Waals surface area (Å²) in [7, 11) is 0. The molecule has 20 atom stereocenters. The third-order valence-corrected chi connectivity index (χ3v) is 12.4. The lowest BCUT2D eigenvalue weighted by atomic mass is 9.77. The van der Waals surface area contributed by atoms with Gasteiger partial charge in [0.05, 0.1) is 42.8 Å². The van der Waals surface area contributed by atoms with Crippen molar-refractivity contribution in [2.45, 2.75) is 148 Å². The summed E-state index contributed by atoms with van der Waals surface area (Å²) < 4.78 is 27.7. The van der Waals surface area contributed by atoms with Crippen LogP contribution in [0.25, 0.3) is 0 Å². The van der Waals surface area contributed by atoms with Gasteiger partial charge in [0.2, 0.25) is 11.8 Å². The maximum absolute atomic E-state index is 14.7. The monoisotopic (exact) mass is 1030 g/mol. The molecule has 26 heteroatoms. The first kappa shape index (κ1) is 54.6. The third kappa shape index (κ3) is 11.9. The molecule has 0 saturated carbocycles. The largest absolute Gasteiger partial charge is 0.478 e. The summed E-state index contributed by atoms with van der Waals surface area (Å²) in [5.74, 6) is -14.9. The van der Waals surface area contributed by atoms with Gasteiger partial charge in [-0.05, 0) is 43.2 Å². The van der Waals surface area contributed by atoms with E-state index in [0.717, 1.165) is 32.0 Å². The number of benzene rings is 3. The molecule has 19 N–H and O–H groups in total. The van der Waals surface area contributed by atoms with Crippen LogP contribution < -0.4 is 10.6 Å². The lowest BCUT2D eigenvalue weighted by molar-refractivity contribution is -0.418. The Hall–Kier alpha value is -5.18. The van der Waals surface area contributed by atoms with Crippen molar-refractivity contribution in [3.05, 3.63) is 107 Å². The molecular formula is C46H61N3O23. The molecule has 0 aromatic heterocycles. The Morgan fingerprint density at radius 2 is 0.958 bits per heavy atom. The molecule has 0 spiro atoms. The van der Waals surface area contributed by atoms with Crippen molar-refractivity contribution in [2.75, 3.05) is 0 Å². The predicted molar refractivity (Wildman–Crippen MR) is 238 cm³/mol. The van der Waals surface area contributed by atoms with Gasteiger partial charge in [-0.3, -0.25) is 19.3 Å². The van der Waals surface area contributed by atoms with Gasteiger partial charge in [0.15, 0.2) is 23.7 Å². The highest BCUT2D eigenvalue weighted by Crippen LogP contribution is 2.42. The molecule has 3 aromatic carbocycles. The molecule has 0 radical (unpaired) electrons. The van der Waals surface area contributed by atoms with Gasteiger partial charge in [-0.25, -0.2) is 4.79 Å². The summed E-state index contributed by atoms with van der Waals surface area (Å²) >= 11 is 0. The van der Waals surface area contributed by atoms with Crippen molar-refractivity contribution < 1.29 is 118 Å². The van der Waals surface area contributed by atoms with Gasteiger partial charge < -0.3 is 107 Å². The lowest BCUT2D eigenvalue weighted by Crippen LogP contribution is -2.82. The van der Waals surface area contributed by atoms with Crippen molar-refractivity contribution >= 4 is 23.7 Å². The Balaban J connectivity index is 1.66. The fourth-order valence-corrected chi connectivity index (χ4v) is 8.22. The molecule has 3 aromatic rings. The van der Waals surface area contributed by atoms with E-state index in [9.17, 15) is 106 Å². The zero-order valence-electron chi connectivity index (χ0n) is 40.2. The smallest absolute Gasteiger partial charge is 0.335 e. The molecule has 72 heavy (non-hydrogen) atoms. The summed E-state index contributed by atoms with van der Waals surface area (Å²) in [6.45, 7) is 1.95. The highest BCUT2D eigenvalue weighted by molar-refractivity contribution is 5.97. The van der Waals surface area contributed by atoms with Crippen LogP contribution in [0.1, 0.15) is 61.2 Å². The molecular weight excluding hydrogens is 963 g/mol. The van der Waals surface area contributed by atoms with E-state index >= 15 is 0 Å². The quantitative estimate of drug-likeness (QED) is 0.0468. The summed E-state index contributed by atoms with van der Waals surface area (Å²) in [5, 5.41) is 194. The van der Waals surface area contributed by atoms with E-state index in [1.807, 2.05) is 0 Å². The Kier molecular flexibility index (Phi) is 17.4. The number of carbonyl (C=O) groups is 4. The standard InChI is InChI=1S/C46H61N3O23/c1-21(50)31(56)27(52)17-29(54)47-45(69)43(67,19-23-10-5-3-6-11-23)37(60)33(58)35(71-45)40(63)49(39(62)25-14-9-15-26(16-25)42(65)66)41(64)36-34(59)38(61)44(68,20-24-12-7-4-8-13-24)46(70,72-36)48-30(55)18-28(53)32(57)22(2)51/h3-16,21-22,27-28,31-38,40-41,50-53,56-61,63-64,67-70H,17-20H2,1-2H3,(H,47,54)(H,48,55)(H,65,66)/t21-,22-,27-,28-,31-,32-,33-,34-,35+,36+,37+,38+,40?,41?,43-,44-,45-,46-/m1/s1/i17D,18D/t17-,18-,21-,22-,27-,28-,31-,32-,33-,34-,35+,36+,37+,38+,40?,41?,43-,44-,45-,46-. The lowest BCUT2D eigenvalue weighted by Gasteiger charge is -2.56. The summed E-state index contributed by atoms with van der Waals surface area (Å²) in [6, 6.07) is 17.4. The van der Waals surface area contributed by atoms with Crippen LogP contribution in [0.4, 0.5) is 0 Å². The number of amides is 3. The number of rotatable bonds is 20. The molecule has 2 unspecified atom stereocenters. The van der Waals surface area contributed by atoms with Crippen molar-refractivity contribution in [1.29, 1.82) is 0 Å².